The minimum atomic E-state index is 0.768. The van der Waals surface area contributed by atoms with Gasteiger partial charge in [0.15, 0.2) is 4.34 Å². The standard InChI is InChI=1S/C14H20N2S2/c1-4-10(5-2)9-15-11-6-7-12-13(8-11)18-14(16-12)17-3/h6-8,10,15H,4-5,9H2,1-3H3. The van der Waals surface area contributed by atoms with Crippen LogP contribution in [0.15, 0.2) is 22.5 Å². The van der Waals surface area contributed by atoms with E-state index in [0.717, 1.165) is 22.3 Å². The molecule has 0 radical (unpaired) electrons. The topological polar surface area (TPSA) is 24.9 Å². The zero-order chi connectivity index (χ0) is 13.0. The van der Waals surface area contributed by atoms with E-state index in [1.165, 1.54) is 23.2 Å². The lowest BCUT2D eigenvalue weighted by molar-refractivity contribution is 0.519. The highest BCUT2D eigenvalue weighted by atomic mass is 32.2. The number of thiazole rings is 1. The smallest absolute Gasteiger partial charge is 0.150 e. The number of hydrogen-bond donors (Lipinski definition) is 1. The van der Waals surface area contributed by atoms with Gasteiger partial charge in [0.2, 0.25) is 0 Å². The van der Waals surface area contributed by atoms with E-state index >= 15 is 0 Å². The number of thioether (sulfide) groups is 1. The van der Waals surface area contributed by atoms with Crippen LogP contribution in [0.25, 0.3) is 10.2 Å². The van der Waals surface area contributed by atoms with Crippen molar-refractivity contribution in [1.82, 2.24) is 4.98 Å². The number of rotatable bonds is 6. The van der Waals surface area contributed by atoms with Crippen LogP contribution < -0.4 is 5.32 Å². The van der Waals surface area contributed by atoms with Crippen molar-refractivity contribution in [3.8, 4) is 0 Å². The molecule has 0 aliphatic rings. The number of fused-ring (bicyclic) bond motifs is 1. The van der Waals surface area contributed by atoms with Gasteiger partial charge in [0.1, 0.15) is 0 Å². The molecule has 18 heavy (non-hydrogen) atoms. The van der Waals surface area contributed by atoms with Crippen molar-refractivity contribution < 1.29 is 0 Å². The molecule has 0 aliphatic carbocycles. The van der Waals surface area contributed by atoms with Gasteiger partial charge in [-0.15, -0.1) is 11.3 Å². The molecule has 0 aliphatic heterocycles. The Kier molecular flexibility index (Phi) is 4.89. The molecular formula is C14H20N2S2. The predicted octanol–water partition coefficient (Wildman–Crippen LogP) is 4.87. The van der Waals surface area contributed by atoms with Gasteiger partial charge in [0.25, 0.3) is 0 Å². The van der Waals surface area contributed by atoms with Gasteiger partial charge in [0, 0.05) is 12.2 Å². The molecule has 2 nitrogen and oxygen atoms in total. The van der Waals surface area contributed by atoms with Crippen LogP contribution in [0.3, 0.4) is 0 Å². The maximum absolute atomic E-state index is 4.55. The zero-order valence-electron chi connectivity index (χ0n) is 11.2. The Morgan fingerprint density at radius 1 is 1.33 bits per heavy atom. The Bertz CT molecular complexity index is 503. The first-order valence-corrected chi connectivity index (χ1v) is 8.49. The van der Waals surface area contributed by atoms with Crippen molar-refractivity contribution in [2.75, 3.05) is 18.1 Å². The number of nitrogens with one attached hydrogen (secondary N) is 1. The Morgan fingerprint density at radius 2 is 2.11 bits per heavy atom. The molecule has 0 amide bonds. The summed E-state index contributed by atoms with van der Waals surface area (Å²) in [5.74, 6) is 0.768. The first-order valence-electron chi connectivity index (χ1n) is 6.45. The van der Waals surface area contributed by atoms with Crippen LogP contribution in [0.4, 0.5) is 5.69 Å². The molecule has 1 N–H and O–H groups in total. The second-order valence-electron chi connectivity index (χ2n) is 4.43. The summed E-state index contributed by atoms with van der Waals surface area (Å²) in [6, 6.07) is 6.46. The number of benzene rings is 1. The number of nitrogens with zero attached hydrogens (tertiary/aromatic N) is 1. The van der Waals surface area contributed by atoms with E-state index in [1.807, 2.05) is 0 Å². The fourth-order valence-electron chi connectivity index (χ4n) is 1.94. The first-order chi connectivity index (χ1) is 8.76. The maximum atomic E-state index is 4.55. The quantitative estimate of drug-likeness (QED) is 0.764. The van der Waals surface area contributed by atoms with E-state index in [2.05, 4.69) is 48.6 Å². The lowest BCUT2D eigenvalue weighted by atomic mass is 10.0. The molecular weight excluding hydrogens is 260 g/mol. The monoisotopic (exact) mass is 280 g/mol. The van der Waals surface area contributed by atoms with Crippen LogP contribution >= 0.6 is 23.1 Å². The summed E-state index contributed by atoms with van der Waals surface area (Å²) in [5.41, 5.74) is 2.32. The molecule has 0 saturated carbocycles. The zero-order valence-corrected chi connectivity index (χ0v) is 12.8. The van der Waals surface area contributed by atoms with Gasteiger partial charge in [-0.3, -0.25) is 0 Å². The van der Waals surface area contributed by atoms with Gasteiger partial charge in [-0.1, -0.05) is 38.5 Å². The number of hydrogen-bond acceptors (Lipinski definition) is 4. The van der Waals surface area contributed by atoms with Crippen molar-refractivity contribution in [1.29, 1.82) is 0 Å². The predicted molar refractivity (Wildman–Crippen MR) is 84.0 cm³/mol. The SMILES string of the molecule is CCC(CC)CNc1ccc2nc(SC)sc2c1. The fraction of sp³-hybridized carbons (Fsp3) is 0.500. The van der Waals surface area contributed by atoms with Gasteiger partial charge in [-0.05, 0) is 30.4 Å². The van der Waals surface area contributed by atoms with Crippen LogP contribution in [-0.2, 0) is 0 Å². The summed E-state index contributed by atoms with van der Waals surface area (Å²) in [5, 5.41) is 3.54. The molecule has 1 aromatic carbocycles. The van der Waals surface area contributed by atoms with Gasteiger partial charge in [-0.2, -0.15) is 0 Å². The van der Waals surface area contributed by atoms with Crippen LogP contribution in [0, 0.1) is 5.92 Å². The van der Waals surface area contributed by atoms with Crippen molar-refractivity contribution >= 4 is 39.0 Å². The third-order valence-electron chi connectivity index (χ3n) is 3.29. The van der Waals surface area contributed by atoms with Gasteiger partial charge >= 0.3 is 0 Å². The van der Waals surface area contributed by atoms with Crippen LogP contribution in [0.1, 0.15) is 26.7 Å². The van der Waals surface area contributed by atoms with Crippen molar-refractivity contribution in [2.45, 2.75) is 31.0 Å². The lowest BCUT2D eigenvalue weighted by Crippen LogP contribution is -2.12. The minimum absolute atomic E-state index is 0.768. The van der Waals surface area contributed by atoms with Crippen LogP contribution in [0.5, 0.6) is 0 Å². The highest BCUT2D eigenvalue weighted by Gasteiger charge is 2.06. The maximum Gasteiger partial charge on any atom is 0.150 e. The van der Waals surface area contributed by atoms with E-state index in [0.29, 0.717) is 0 Å². The lowest BCUT2D eigenvalue weighted by Gasteiger charge is -2.14. The highest BCUT2D eigenvalue weighted by Crippen LogP contribution is 2.30. The van der Waals surface area contributed by atoms with Gasteiger partial charge in [0.05, 0.1) is 10.2 Å². The van der Waals surface area contributed by atoms with Gasteiger partial charge in [-0.25, -0.2) is 4.98 Å². The molecule has 1 heterocycles. The second kappa shape index (κ2) is 6.43. The average Bonchev–Trinajstić information content (AvgIpc) is 2.82. The Balaban J connectivity index is 2.09. The second-order valence-corrected chi connectivity index (χ2v) is 6.51. The van der Waals surface area contributed by atoms with Gasteiger partial charge < -0.3 is 5.32 Å². The fourth-order valence-corrected chi connectivity index (χ4v) is 3.47. The van der Waals surface area contributed by atoms with E-state index < -0.39 is 0 Å². The summed E-state index contributed by atoms with van der Waals surface area (Å²) >= 11 is 3.48. The minimum Gasteiger partial charge on any atom is -0.385 e. The third kappa shape index (κ3) is 3.18. The molecule has 0 unspecified atom stereocenters. The largest absolute Gasteiger partial charge is 0.385 e. The summed E-state index contributed by atoms with van der Waals surface area (Å²) in [4.78, 5) is 4.55. The molecule has 0 atom stereocenters. The van der Waals surface area contributed by atoms with E-state index in [-0.39, 0.29) is 0 Å². The molecule has 0 spiro atoms. The van der Waals surface area contributed by atoms with Crippen molar-refractivity contribution in [2.24, 2.45) is 5.92 Å². The van der Waals surface area contributed by atoms with Crippen LogP contribution in [-0.4, -0.2) is 17.8 Å². The third-order valence-corrected chi connectivity index (χ3v) is 5.30. The number of aromatic nitrogens is 1. The van der Waals surface area contributed by atoms with Crippen LogP contribution in [0.2, 0.25) is 0 Å². The average molecular weight is 280 g/mol. The molecule has 2 aromatic rings. The molecule has 0 fully saturated rings. The van der Waals surface area contributed by atoms with E-state index in [9.17, 15) is 0 Å². The summed E-state index contributed by atoms with van der Waals surface area (Å²) < 4.78 is 2.41. The molecule has 0 saturated heterocycles. The van der Waals surface area contributed by atoms with E-state index in [1.54, 1.807) is 23.1 Å². The Labute approximate surface area is 117 Å². The molecule has 4 heteroatoms. The molecule has 1 aromatic heterocycles. The molecule has 0 bridgehead atoms. The summed E-state index contributed by atoms with van der Waals surface area (Å²) in [7, 11) is 0. The van der Waals surface area contributed by atoms with Crippen molar-refractivity contribution in [3.63, 3.8) is 0 Å². The normalized spacial score (nSPS) is 11.3. The first kappa shape index (κ1) is 13.7. The summed E-state index contributed by atoms with van der Waals surface area (Å²) in [6.07, 6.45) is 4.55. The highest BCUT2D eigenvalue weighted by molar-refractivity contribution is 8.00. The van der Waals surface area contributed by atoms with Crippen molar-refractivity contribution in [3.05, 3.63) is 18.2 Å². The Morgan fingerprint density at radius 3 is 2.78 bits per heavy atom. The summed E-state index contributed by atoms with van der Waals surface area (Å²) in [6.45, 7) is 5.58. The molecule has 2 rings (SSSR count). The molecule has 98 valence electrons. The van der Waals surface area contributed by atoms with E-state index in [4.69, 9.17) is 0 Å². The number of anilines is 1. The Hall–Kier alpha value is -0.740.